The summed E-state index contributed by atoms with van der Waals surface area (Å²) >= 11 is 4.13. The highest BCUT2D eigenvalue weighted by Crippen LogP contribution is 2.00. The Morgan fingerprint density at radius 2 is 2.35 bits per heavy atom. The second-order valence-electron chi connectivity index (χ2n) is 3.91. The molecule has 96 valence electrons. The van der Waals surface area contributed by atoms with E-state index in [4.69, 9.17) is 5.11 Å². The van der Waals surface area contributed by atoms with Crippen molar-refractivity contribution in [2.75, 3.05) is 12.3 Å². The molecule has 0 bridgehead atoms. The summed E-state index contributed by atoms with van der Waals surface area (Å²) < 4.78 is 0. The number of aromatic amines is 1. The van der Waals surface area contributed by atoms with Gasteiger partial charge in [-0.15, -0.1) is 0 Å². The summed E-state index contributed by atoms with van der Waals surface area (Å²) in [4.78, 5) is 17.8. The van der Waals surface area contributed by atoms with E-state index in [1.54, 1.807) is 12.5 Å². The first-order valence-electron chi connectivity index (χ1n) is 5.78. The summed E-state index contributed by atoms with van der Waals surface area (Å²) in [6.07, 6.45) is 6.77. The Labute approximate surface area is 106 Å². The molecule has 0 aliphatic carbocycles. The number of aliphatic carboxylic acids is 1. The fraction of sp³-hybridized carbons (Fsp3) is 0.636. The minimum atomic E-state index is -0.825. The second-order valence-corrected chi connectivity index (χ2v) is 4.36. The highest BCUT2D eigenvalue weighted by Gasteiger charge is 2.17. The molecule has 0 unspecified atom stereocenters. The van der Waals surface area contributed by atoms with Crippen LogP contribution in [0.1, 0.15) is 25.0 Å². The predicted octanol–water partition coefficient (Wildman–Crippen LogP) is 1.10. The molecule has 6 heteroatoms. The van der Waals surface area contributed by atoms with Gasteiger partial charge in [-0.05, 0) is 25.1 Å². The monoisotopic (exact) mass is 257 g/mol. The molecule has 1 aromatic heterocycles. The Kier molecular flexibility index (Phi) is 6.73. The molecule has 0 radical (unpaired) electrons. The lowest BCUT2D eigenvalue weighted by Gasteiger charge is -2.13. The first-order valence-corrected chi connectivity index (χ1v) is 6.41. The third-order valence-electron chi connectivity index (χ3n) is 2.50. The molecule has 0 aromatic carbocycles. The maximum atomic E-state index is 11.0. The molecule has 1 rings (SSSR count). The Balaban J connectivity index is 2.26. The van der Waals surface area contributed by atoms with Gasteiger partial charge in [0.25, 0.3) is 0 Å². The standard InChI is InChI=1S/C11H19N3O2S/c15-11(16)10(6-9-7-12-8-14-9)13-4-2-1-3-5-17/h7-8,10,13,17H,1-6H2,(H,12,14)(H,15,16)/t10-/m0/s1. The number of H-pyrrole nitrogens is 1. The first kappa shape index (κ1) is 14.1. The number of carboxylic acids is 1. The minimum Gasteiger partial charge on any atom is -0.480 e. The number of hydrogen-bond donors (Lipinski definition) is 4. The van der Waals surface area contributed by atoms with Gasteiger partial charge >= 0.3 is 5.97 Å². The molecule has 0 saturated heterocycles. The molecule has 0 spiro atoms. The molecule has 17 heavy (non-hydrogen) atoms. The fourth-order valence-electron chi connectivity index (χ4n) is 1.55. The third kappa shape index (κ3) is 5.74. The number of nitrogens with one attached hydrogen (secondary N) is 2. The number of imidazole rings is 1. The average molecular weight is 257 g/mol. The van der Waals surface area contributed by atoms with Crippen LogP contribution in [0.3, 0.4) is 0 Å². The van der Waals surface area contributed by atoms with Crippen LogP contribution in [0.5, 0.6) is 0 Å². The molecular formula is C11H19N3O2S. The van der Waals surface area contributed by atoms with E-state index in [0.717, 1.165) is 37.3 Å². The molecule has 1 atom stereocenters. The number of aromatic nitrogens is 2. The lowest BCUT2D eigenvalue weighted by molar-refractivity contribution is -0.139. The largest absolute Gasteiger partial charge is 0.480 e. The van der Waals surface area contributed by atoms with E-state index in [9.17, 15) is 4.79 Å². The van der Waals surface area contributed by atoms with Crippen LogP contribution < -0.4 is 5.32 Å². The van der Waals surface area contributed by atoms with Crippen LogP contribution in [-0.4, -0.2) is 39.4 Å². The van der Waals surface area contributed by atoms with Crippen molar-refractivity contribution in [3.05, 3.63) is 18.2 Å². The number of carboxylic acid groups (broad SMARTS) is 1. The SMILES string of the molecule is O=C(O)[C@H](Cc1cnc[nH]1)NCCCCCS. The number of carbonyl (C=O) groups is 1. The van der Waals surface area contributed by atoms with E-state index in [1.807, 2.05) is 0 Å². The van der Waals surface area contributed by atoms with E-state index in [2.05, 4.69) is 27.9 Å². The normalized spacial score (nSPS) is 12.5. The number of thiol groups is 1. The predicted molar refractivity (Wildman–Crippen MR) is 69.4 cm³/mol. The highest BCUT2D eigenvalue weighted by atomic mass is 32.1. The van der Waals surface area contributed by atoms with E-state index in [-0.39, 0.29) is 0 Å². The van der Waals surface area contributed by atoms with Gasteiger partial charge in [0, 0.05) is 18.3 Å². The quantitative estimate of drug-likeness (QED) is 0.394. The highest BCUT2D eigenvalue weighted by molar-refractivity contribution is 7.80. The van der Waals surface area contributed by atoms with Gasteiger partial charge in [-0.25, -0.2) is 4.98 Å². The molecule has 3 N–H and O–H groups in total. The van der Waals surface area contributed by atoms with Crippen molar-refractivity contribution < 1.29 is 9.90 Å². The lowest BCUT2D eigenvalue weighted by atomic mass is 10.1. The van der Waals surface area contributed by atoms with Crippen molar-refractivity contribution in [1.29, 1.82) is 0 Å². The molecule has 0 aliphatic heterocycles. The number of rotatable bonds is 9. The summed E-state index contributed by atoms with van der Waals surface area (Å²) in [6, 6.07) is -0.550. The second kappa shape index (κ2) is 8.14. The minimum absolute atomic E-state index is 0.432. The maximum Gasteiger partial charge on any atom is 0.321 e. The summed E-state index contributed by atoms with van der Waals surface area (Å²) in [6.45, 7) is 0.721. The lowest BCUT2D eigenvalue weighted by Crippen LogP contribution is -2.39. The Hall–Kier alpha value is -1.01. The molecule has 1 heterocycles. The van der Waals surface area contributed by atoms with Crippen LogP contribution in [0.2, 0.25) is 0 Å². The number of hydrogen-bond acceptors (Lipinski definition) is 4. The fourth-order valence-corrected chi connectivity index (χ4v) is 1.78. The van der Waals surface area contributed by atoms with Crippen LogP contribution in [-0.2, 0) is 11.2 Å². The summed E-state index contributed by atoms with van der Waals surface area (Å²) in [7, 11) is 0. The van der Waals surface area contributed by atoms with Crippen molar-refractivity contribution in [2.24, 2.45) is 0 Å². The van der Waals surface area contributed by atoms with E-state index >= 15 is 0 Å². The zero-order valence-electron chi connectivity index (χ0n) is 9.72. The van der Waals surface area contributed by atoms with Gasteiger partial charge in [0.1, 0.15) is 6.04 Å². The average Bonchev–Trinajstić information content (AvgIpc) is 2.79. The first-order chi connectivity index (χ1) is 8.24. The van der Waals surface area contributed by atoms with E-state index < -0.39 is 12.0 Å². The van der Waals surface area contributed by atoms with Gasteiger partial charge in [-0.3, -0.25) is 4.79 Å². The van der Waals surface area contributed by atoms with E-state index in [0.29, 0.717) is 6.42 Å². The van der Waals surface area contributed by atoms with Gasteiger partial charge in [0.2, 0.25) is 0 Å². The molecule has 0 fully saturated rings. The molecule has 1 aromatic rings. The van der Waals surface area contributed by atoms with Crippen molar-refractivity contribution in [3.8, 4) is 0 Å². The van der Waals surface area contributed by atoms with Crippen molar-refractivity contribution in [2.45, 2.75) is 31.7 Å². The van der Waals surface area contributed by atoms with Crippen molar-refractivity contribution >= 4 is 18.6 Å². The van der Waals surface area contributed by atoms with Crippen molar-refractivity contribution in [3.63, 3.8) is 0 Å². The van der Waals surface area contributed by atoms with Crippen molar-refractivity contribution in [1.82, 2.24) is 15.3 Å². The summed E-state index contributed by atoms with van der Waals surface area (Å²) in [5.41, 5.74) is 0.834. The zero-order chi connectivity index (χ0) is 12.5. The summed E-state index contributed by atoms with van der Waals surface area (Å²) in [5.74, 6) is 0.0602. The smallest absolute Gasteiger partial charge is 0.321 e. The third-order valence-corrected chi connectivity index (χ3v) is 2.82. The van der Waals surface area contributed by atoms with Crippen LogP contribution >= 0.6 is 12.6 Å². The molecule has 0 aliphatic rings. The summed E-state index contributed by atoms with van der Waals surface area (Å²) in [5, 5.41) is 12.1. The topological polar surface area (TPSA) is 78.0 Å². The zero-order valence-corrected chi connectivity index (χ0v) is 10.6. The molecule has 0 amide bonds. The van der Waals surface area contributed by atoms with Crippen LogP contribution in [0.4, 0.5) is 0 Å². The van der Waals surface area contributed by atoms with Gasteiger partial charge in [-0.2, -0.15) is 12.6 Å². The maximum absolute atomic E-state index is 11.0. The van der Waals surface area contributed by atoms with E-state index in [1.165, 1.54) is 0 Å². The molecule has 5 nitrogen and oxygen atoms in total. The Morgan fingerprint density at radius 3 is 2.94 bits per heavy atom. The Bertz CT molecular complexity index is 317. The molecule has 0 saturated carbocycles. The van der Waals surface area contributed by atoms with Gasteiger partial charge < -0.3 is 15.4 Å². The molecular weight excluding hydrogens is 238 g/mol. The van der Waals surface area contributed by atoms with Crippen LogP contribution in [0, 0.1) is 0 Å². The van der Waals surface area contributed by atoms with Crippen LogP contribution in [0.15, 0.2) is 12.5 Å². The van der Waals surface area contributed by atoms with Gasteiger partial charge in [0.15, 0.2) is 0 Å². The number of unbranched alkanes of at least 4 members (excludes halogenated alkanes) is 2. The van der Waals surface area contributed by atoms with Crippen LogP contribution in [0.25, 0.3) is 0 Å². The van der Waals surface area contributed by atoms with Gasteiger partial charge in [-0.1, -0.05) is 6.42 Å². The number of nitrogens with zero attached hydrogens (tertiary/aromatic N) is 1. The Morgan fingerprint density at radius 1 is 1.53 bits per heavy atom. The van der Waals surface area contributed by atoms with Gasteiger partial charge in [0.05, 0.1) is 6.33 Å².